The van der Waals surface area contributed by atoms with Crippen LogP contribution in [0.2, 0.25) is 0 Å². The normalized spacial score (nSPS) is 23.9. The molecular weight excluding hydrogens is 367 g/mol. The summed E-state index contributed by atoms with van der Waals surface area (Å²) in [6, 6.07) is 6.52. The molecule has 0 unspecified atom stereocenters. The summed E-state index contributed by atoms with van der Waals surface area (Å²) >= 11 is 7.84. The van der Waals surface area contributed by atoms with Crippen molar-refractivity contribution in [1.82, 2.24) is 9.55 Å². The summed E-state index contributed by atoms with van der Waals surface area (Å²) in [6.07, 6.45) is 5.44. The molecule has 0 aliphatic heterocycles. The van der Waals surface area contributed by atoms with Crippen LogP contribution >= 0.6 is 34.8 Å². The Kier molecular flexibility index (Phi) is 3.98. The molecule has 0 atom stereocenters. The highest BCUT2D eigenvalue weighted by molar-refractivity contribution is 14.1. The van der Waals surface area contributed by atoms with Crippen LogP contribution in [0.1, 0.15) is 32.6 Å². The maximum Gasteiger partial charge on any atom is 0.178 e. The molecule has 1 heterocycles. The van der Waals surface area contributed by atoms with Gasteiger partial charge in [0.15, 0.2) is 4.77 Å². The van der Waals surface area contributed by atoms with E-state index in [0.29, 0.717) is 0 Å². The molecule has 2 nitrogen and oxygen atoms in total. The maximum atomic E-state index is 5.49. The fraction of sp³-hybridized carbons (Fsp3) is 0.533. The van der Waals surface area contributed by atoms with Crippen LogP contribution in [0.3, 0.4) is 0 Å². The molecule has 2 aromatic rings. The van der Waals surface area contributed by atoms with Gasteiger partial charge in [-0.25, -0.2) is 0 Å². The predicted molar refractivity (Wildman–Crippen MR) is 91.0 cm³/mol. The van der Waals surface area contributed by atoms with Crippen molar-refractivity contribution in [2.45, 2.75) is 39.2 Å². The number of benzene rings is 1. The van der Waals surface area contributed by atoms with E-state index in [1.54, 1.807) is 0 Å². The number of halogens is 1. The lowest BCUT2D eigenvalue weighted by Gasteiger charge is -2.26. The molecule has 0 saturated heterocycles. The Morgan fingerprint density at radius 1 is 1.32 bits per heavy atom. The summed E-state index contributed by atoms with van der Waals surface area (Å²) < 4.78 is 4.41. The van der Waals surface area contributed by atoms with Crippen LogP contribution in [0.25, 0.3) is 11.0 Å². The Morgan fingerprint density at radius 2 is 2.05 bits per heavy atom. The molecule has 0 spiro atoms. The number of rotatable bonds is 2. The number of hydrogen-bond donors (Lipinski definition) is 1. The SMILES string of the molecule is CC1CCC(Cn2c(=S)[nH]c3cc(I)ccc32)CC1. The van der Waals surface area contributed by atoms with Crippen molar-refractivity contribution in [2.24, 2.45) is 11.8 Å². The van der Waals surface area contributed by atoms with Gasteiger partial charge in [0.2, 0.25) is 0 Å². The molecule has 0 bridgehead atoms. The van der Waals surface area contributed by atoms with Gasteiger partial charge >= 0.3 is 0 Å². The summed E-state index contributed by atoms with van der Waals surface area (Å²) in [5.41, 5.74) is 2.42. The number of aromatic amines is 1. The van der Waals surface area contributed by atoms with Gasteiger partial charge in [-0.05, 0) is 77.7 Å². The van der Waals surface area contributed by atoms with Gasteiger partial charge in [-0.1, -0.05) is 19.8 Å². The average molecular weight is 386 g/mol. The quantitative estimate of drug-likeness (QED) is 0.561. The minimum atomic E-state index is 0.793. The Hall–Kier alpha value is -0.360. The molecule has 19 heavy (non-hydrogen) atoms. The number of nitrogens with zero attached hydrogens (tertiary/aromatic N) is 1. The van der Waals surface area contributed by atoms with Gasteiger partial charge in [-0.3, -0.25) is 0 Å². The lowest BCUT2D eigenvalue weighted by molar-refractivity contribution is 0.266. The number of nitrogens with one attached hydrogen (secondary N) is 1. The van der Waals surface area contributed by atoms with Crippen molar-refractivity contribution in [2.75, 3.05) is 0 Å². The smallest absolute Gasteiger partial charge is 0.178 e. The van der Waals surface area contributed by atoms with Crippen LogP contribution in [0, 0.1) is 20.2 Å². The molecule has 1 aromatic carbocycles. The van der Waals surface area contributed by atoms with Crippen LogP contribution in [-0.4, -0.2) is 9.55 Å². The van der Waals surface area contributed by atoms with Crippen molar-refractivity contribution in [3.63, 3.8) is 0 Å². The molecule has 0 radical (unpaired) electrons. The molecule has 3 rings (SSSR count). The Labute approximate surface area is 132 Å². The molecule has 1 fully saturated rings. The van der Waals surface area contributed by atoms with E-state index >= 15 is 0 Å². The Bertz CT molecular complexity index is 635. The fourth-order valence-corrected chi connectivity index (χ4v) is 3.86. The van der Waals surface area contributed by atoms with E-state index in [0.717, 1.165) is 23.2 Å². The standard InChI is InChI=1S/C15H19IN2S/c1-10-2-4-11(5-3-10)9-18-14-7-6-12(16)8-13(14)17-15(18)19/h6-8,10-11H,2-5,9H2,1H3,(H,17,19). The van der Waals surface area contributed by atoms with Gasteiger partial charge in [0.05, 0.1) is 11.0 Å². The largest absolute Gasteiger partial charge is 0.331 e. The van der Waals surface area contributed by atoms with Gasteiger partial charge in [0.1, 0.15) is 0 Å². The topological polar surface area (TPSA) is 20.7 Å². The molecular formula is C15H19IN2S. The third-order valence-electron chi connectivity index (χ3n) is 4.31. The first-order valence-corrected chi connectivity index (χ1v) is 8.50. The van der Waals surface area contributed by atoms with Crippen molar-refractivity contribution in [3.05, 3.63) is 26.5 Å². The monoisotopic (exact) mass is 386 g/mol. The maximum absolute atomic E-state index is 5.49. The zero-order chi connectivity index (χ0) is 13.4. The summed E-state index contributed by atoms with van der Waals surface area (Å²) in [7, 11) is 0. The molecule has 1 aromatic heterocycles. The van der Waals surface area contributed by atoms with Crippen LogP contribution in [0.15, 0.2) is 18.2 Å². The zero-order valence-electron chi connectivity index (χ0n) is 11.2. The van der Waals surface area contributed by atoms with E-state index in [4.69, 9.17) is 12.2 Å². The van der Waals surface area contributed by atoms with Crippen molar-refractivity contribution in [1.29, 1.82) is 0 Å². The van der Waals surface area contributed by atoms with E-state index < -0.39 is 0 Å². The molecule has 1 N–H and O–H groups in total. The van der Waals surface area contributed by atoms with Gasteiger partial charge in [-0.15, -0.1) is 0 Å². The molecule has 1 aliphatic carbocycles. The third-order valence-corrected chi connectivity index (χ3v) is 5.31. The number of hydrogen-bond acceptors (Lipinski definition) is 1. The molecule has 1 aliphatic rings. The Morgan fingerprint density at radius 3 is 2.79 bits per heavy atom. The zero-order valence-corrected chi connectivity index (χ0v) is 14.1. The van der Waals surface area contributed by atoms with Crippen molar-refractivity contribution in [3.8, 4) is 0 Å². The minimum Gasteiger partial charge on any atom is -0.331 e. The summed E-state index contributed by atoms with van der Waals surface area (Å²) in [4.78, 5) is 3.34. The highest BCUT2D eigenvalue weighted by Gasteiger charge is 2.19. The summed E-state index contributed by atoms with van der Waals surface area (Å²) in [5, 5.41) is 0. The average Bonchev–Trinajstić information content (AvgIpc) is 2.68. The Balaban J connectivity index is 1.88. The second-order valence-electron chi connectivity index (χ2n) is 5.83. The molecule has 0 amide bonds. The highest BCUT2D eigenvalue weighted by atomic mass is 127. The van der Waals surface area contributed by atoms with E-state index in [1.165, 1.54) is 40.3 Å². The van der Waals surface area contributed by atoms with Crippen LogP contribution < -0.4 is 0 Å². The predicted octanol–water partition coefficient (Wildman–Crippen LogP) is 5.13. The van der Waals surface area contributed by atoms with Crippen molar-refractivity contribution >= 4 is 45.8 Å². The summed E-state index contributed by atoms with van der Waals surface area (Å²) in [5.74, 6) is 1.70. The number of imidazole rings is 1. The van der Waals surface area contributed by atoms with E-state index in [1.807, 2.05) is 0 Å². The molecule has 102 valence electrons. The van der Waals surface area contributed by atoms with Gasteiger partial charge in [0, 0.05) is 10.1 Å². The molecule has 4 heteroatoms. The third kappa shape index (κ3) is 2.89. The van der Waals surface area contributed by atoms with Crippen molar-refractivity contribution < 1.29 is 0 Å². The number of H-pyrrole nitrogens is 1. The van der Waals surface area contributed by atoms with E-state index in [-0.39, 0.29) is 0 Å². The van der Waals surface area contributed by atoms with Crippen LogP contribution in [0.4, 0.5) is 0 Å². The first kappa shape index (κ1) is 13.6. The lowest BCUT2D eigenvalue weighted by atomic mass is 9.83. The van der Waals surface area contributed by atoms with Gasteiger partial charge in [-0.2, -0.15) is 0 Å². The number of fused-ring (bicyclic) bond motifs is 1. The molecule has 1 saturated carbocycles. The first-order valence-electron chi connectivity index (χ1n) is 7.01. The highest BCUT2D eigenvalue weighted by Crippen LogP contribution is 2.30. The van der Waals surface area contributed by atoms with Crippen LogP contribution in [-0.2, 0) is 6.54 Å². The minimum absolute atomic E-state index is 0.793. The second-order valence-corrected chi connectivity index (χ2v) is 7.46. The summed E-state index contributed by atoms with van der Waals surface area (Å²) in [6.45, 7) is 3.45. The first-order chi connectivity index (χ1) is 9.13. The van der Waals surface area contributed by atoms with E-state index in [2.05, 4.69) is 57.3 Å². The second kappa shape index (κ2) is 5.56. The van der Waals surface area contributed by atoms with Gasteiger partial charge in [0.25, 0.3) is 0 Å². The lowest BCUT2D eigenvalue weighted by Crippen LogP contribution is -2.17. The van der Waals surface area contributed by atoms with Crippen LogP contribution in [0.5, 0.6) is 0 Å². The van der Waals surface area contributed by atoms with E-state index in [9.17, 15) is 0 Å². The number of aromatic nitrogens is 2. The van der Waals surface area contributed by atoms with Gasteiger partial charge < -0.3 is 9.55 Å². The fourth-order valence-electron chi connectivity index (χ4n) is 3.09.